The van der Waals surface area contributed by atoms with Crippen molar-refractivity contribution < 1.29 is 9.59 Å². The topological polar surface area (TPSA) is 74.3 Å². The van der Waals surface area contributed by atoms with Gasteiger partial charge in [-0.3, -0.25) is 9.78 Å². The Morgan fingerprint density at radius 3 is 2.43 bits per heavy atom. The highest BCUT2D eigenvalue weighted by Gasteiger charge is 2.27. The first-order valence-corrected chi connectivity index (χ1v) is 8.35. The van der Waals surface area contributed by atoms with Crippen LogP contribution in [0.5, 0.6) is 0 Å². The van der Waals surface area contributed by atoms with Crippen molar-refractivity contribution in [3.8, 4) is 0 Å². The van der Waals surface area contributed by atoms with Crippen molar-refractivity contribution in [3.63, 3.8) is 0 Å². The summed E-state index contributed by atoms with van der Waals surface area (Å²) in [6.45, 7) is 8.39. The van der Waals surface area contributed by atoms with Gasteiger partial charge in [0.2, 0.25) is 0 Å². The molecule has 2 N–H and O–H groups in total. The summed E-state index contributed by atoms with van der Waals surface area (Å²) in [5, 5.41) is 5.68. The standard InChI is InChI=1S/C17H26N4O2/c1-4-18-16(22)14-7-6-12(3)20-15(14)13-8-10-21(11-9-13)17(23)19-5-2/h6-7,13H,4-5,8-11H2,1-3H3,(H,18,22)(H,19,23). The van der Waals surface area contributed by atoms with Gasteiger partial charge in [-0.1, -0.05) is 0 Å². The molecule has 126 valence electrons. The van der Waals surface area contributed by atoms with Crippen molar-refractivity contribution in [1.82, 2.24) is 20.5 Å². The lowest BCUT2D eigenvalue weighted by atomic mass is 9.90. The number of piperidine rings is 1. The fraction of sp³-hybridized carbons (Fsp3) is 0.588. The summed E-state index contributed by atoms with van der Waals surface area (Å²) in [4.78, 5) is 30.6. The number of hydrogen-bond donors (Lipinski definition) is 2. The normalized spacial score (nSPS) is 15.3. The average Bonchev–Trinajstić information content (AvgIpc) is 2.55. The quantitative estimate of drug-likeness (QED) is 0.892. The summed E-state index contributed by atoms with van der Waals surface area (Å²) >= 11 is 0. The highest BCUT2D eigenvalue weighted by molar-refractivity contribution is 5.95. The van der Waals surface area contributed by atoms with Gasteiger partial charge in [-0.25, -0.2) is 4.79 Å². The van der Waals surface area contributed by atoms with Crippen LogP contribution in [-0.2, 0) is 0 Å². The highest BCUT2D eigenvalue weighted by atomic mass is 16.2. The minimum absolute atomic E-state index is 0.00731. The van der Waals surface area contributed by atoms with Gasteiger partial charge in [-0.05, 0) is 45.7 Å². The van der Waals surface area contributed by atoms with Gasteiger partial charge >= 0.3 is 6.03 Å². The Labute approximate surface area is 137 Å². The van der Waals surface area contributed by atoms with E-state index in [1.54, 1.807) is 0 Å². The van der Waals surface area contributed by atoms with E-state index in [1.807, 2.05) is 37.8 Å². The largest absolute Gasteiger partial charge is 0.352 e. The number of carbonyl (C=O) groups is 2. The van der Waals surface area contributed by atoms with E-state index in [2.05, 4.69) is 15.6 Å². The molecule has 1 aromatic heterocycles. The Balaban J connectivity index is 2.12. The SMILES string of the molecule is CCNC(=O)c1ccc(C)nc1C1CCN(C(=O)NCC)CC1. The number of amides is 3. The van der Waals surface area contributed by atoms with Gasteiger partial charge in [0.25, 0.3) is 5.91 Å². The van der Waals surface area contributed by atoms with E-state index in [1.165, 1.54) is 0 Å². The summed E-state index contributed by atoms with van der Waals surface area (Å²) < 4.78 is 0. The van der Waals surface area contributed by atoms with Crippen LogP contribution in [0.4, 0.5) is 4.79 Å². The van der Waals surface area contributed by atoms with Gasteiger partial charge in [0.05, 0.1) is 11.3 Å². The third-order valence-corrected chi connectivity index (χ3v) is 4.14. The zero-order valence-corrected chi connectivity index (χ0v) is 14.2. The zero-order chi connectivity index (χ0) is 16.8. The number of pyridine rings is 1. The van der Waals surface area contributed by atoms with Crippen LogP contribution in [0.3, 0.4) is 0 Å². The first kappa shape index (κ1) is 17.2. The Bertz CT molecular complexity index is 566. The Kier molecular flexibility index (Phi) is 5.96. The Hall–Kier alpha value is -2.11. The number of hydrogen-bond acceptors (Lipinski definition) is 3. The number of carbonyl (C=O) groups excluding carboxylic acids is 2. The van der Waals surface area contributed by atoms with Crippen LogP contribution < -0.4 is 10.6 Å². The van der Waals surface area contributed by atoms with Crippen molar-refractivity contribution in [3.05, 3.63) is 29.1 Å². The molecule has 2 rings (SSSR count). The fourth-order valence-electron chi connectivity index (χ4n) is 2.95. The minimum atomic E-state index is -0.0684. The van der Waals surface area contributed by atoms with Crippen molar-refractivity contribution in [2.45, 2.75) is 39.5 Å². The molecular weight excluding hydrogens is 292 g/mol. The summed E-state index contributed by atoms with van der Waals surface area (Å²) in [5.74, 6) is 0.152. The van der Waals surface area contributed by atoms with E-state index in [0.29, 0.717) is 31.7 Å². The maximum Gasteiger partial charge on any atom is 0.317 e. The predicted octanol–water partition coefficient (Wildman–Crippen LogP) is 2.05. The second-order valence-electron chi connectivity index (χ2n) is 5.84. The molecule has 0 aromatic carbocycles. The van der Waals surface area contributed by atoms with Crippen LogP contribution in [0.25, 0.3) is 0 Å². The minimum Gasteiger partial charge on any atom is -0.352 e. The molecule has 0 atom stereocenters. The monoisotopic (exact) mass is 318 g/mol. The summed E-state index contributed by atoms with van der Waals surface area (Å²) in [6.07, 6.45) is 1.67. The van der Waals surface area contributed by atoms with Crippen molar-refractivity contribution in [1.29, 1.82) is 0 Å². The first-order chi connectivity index (χ1) is 11.1. The van der Waals surface area contributed by atoms with Gasteiger partial charge in [0.1, 0.15) is 0 Å². The van der Waals surface area contributed by atoms with E-state index in [0.717, 1.165) is 24.2 Å². The second-order valence-corrected chi connectivity index (χ2v) is 5.84. The lowest BCUT2D eigenvalue weighted by molar-refractivity contribution is 0.0952. The predicted molar refractivity (Wildman–Crippen MR) is 89.6 cm³/mol. The van der Waals surface area contributed by atoms with E-state index >= 15 is 0 Å². The van der Waals surface area contributed by atoms with E-state index < -0.39 is 0 Å². The van der Waals surface area contributed by atoms with Crippen LogP contribution in [0.2, 0.25) is 0 Å². The molecule has 1 aromatic rings. The summed E-state index contributed by atoms with van der Waals surface area (Å²) in [7, 11) is 0. The number of urea groups is 1. The number of rotatable bonds is 4. The molecule has 0 bridgehead atoms. The third kappa shape index (κ3) is 4.21. The number of likely N-dealkylation sites (tertiary alicyclic amines) is 1. The molecule has 23 heavy (non-hydrogen) atoms. The number of nitrogens with zero attached hydrogens (tertiary/aromatic N) is 2. The van der Waals surface area contributed by atoms with Gasteiger partial charge in [-0.15, -0.1) is 0 Å². The van der Waals surface area contributed by atoms with Crippen molar-refractivity contribution in [2.24, 2.45) is 0 Å². The van der Waals surface area contributed by atoms with Crippen LogP contribution in [0.1, 0.15) is 54.4 Å². The number of aryl methyl sites for hydroxylation is 1. The zero-order valence-electron chi connectivity index (χ0n) is 14.2. The lowest BCUT2D eigenvalue weighted by Crippen LogP contribution is -2.44. The van der Waals surface area contributed by atoms with E-state index in [9.17, 15) is 9.59 Å². The second kappa shape index (κ2) is 7.94. The molecule has 0 saturated carbocycles. The maximum absolute atomic E-state index is 12.3. The average molecular weight is 318 g/mol. The molecule has 1 aliphatic rings. The van der Waals surface area contributed by atoms with Crippen LogP contribution in [0.15, 0.2) is 12.1 Å². The Morgan fingerprint density at radius 2 is 1.83 bits per heavy atom. The molecule has 6 nitrogen and oxygen atoms in total. The molecular formula is C17H26N4O2. The van der Waals surface area contributed by atoms with E-state index in [-0.39, 0.29) is 17.9 Å². The molecule has 0 aliphatic carbocycles. The molecule has 0 radical (unpaired) electrons. The lowest BCUT2D eigenvalue weighted by Gasteiger charge is -2.32. The molecule has 6 heteroatoms. The van der Waals surface area contributed by atoms with Crippen LogP contribution in [-0.4, -0.2) is 48.0 Å². The highest BCUT2D eigenvalue weighted by Crippen LogP contribution is 2.29. The molecule has 2 heterocycles. The number of aromatic nitrogens is 1. The number of nitrogens with one attached hydrogen (secondary N) is 2. The van der Waals surface area contributed by atoms with E-state index in [4.69, 9.17) is 0 Å². The van der Waals surface area contributed by atoms with Gasteiger partial charge in [0.15, 0.2) is 0 Å². The van der Waals surface area contributed by atoms with Crippen molar-refractivity contribution >= 4 is 11.9 Å². The van der Waals surface area contributed by atoms with Gasteiger partial charge in [-0.2, -0.15) is 0 Å². The van der Waals surface area contributed by atoms with Crippen molar-refractivity contribution in [2.75, 3.05) is 26.2 Å². The third-order valence-electron chi connectivity index (χ3n) is 4.14. The molecule has 1 saturated heterocycles. The Morgan fingerprint density at radius 1 is 1.17 bits per heavy atom. The van der Waals surface area contributed by atoms with Crippen LogP contribution in [0, 0.1) is 6.92 Å². The fourth-order valence-corrected chi connectivity index (χ4v) is 2.95. The van der Waals surface area contributed by atoms with Gasteiger partial charge < -0.3 is 15.5 Å². The first-order valence-electron chi connectivity index (χ1n) is 8.35. The molecule has 0 spiro atoms. The summed E-state index contributed by atoms with van der Waals surface area (Å²) in [5.41, 5.74) is 2.44. The van der Waals surface area contributed by atoms with Gasteiger partial charge in [0, 0.05) is 37.8 Å². The molecule has 1 fully saturated rings. The maximum atomic E-state index is 12.3. The van der Waals surface area contributed by atoms with Crippen LogP contribution >= 0.6 is 0 Å². The molecule has 1 aliphatic heterocycles. The molecule has 0 unspecified atom stereocenters. The summed E-state index contributed by atoms with van der Waals surface area (Å²) in [6, 6.07) is 3.73. The smallest absolute Gasteiger partial charge is 0.317 e. The molecule has 3 amide bonds.